The van der Waals surface area contributed by atoms with E-state index >= 15 is 0 Å². The van der Waals surface area contributed by atoms with E-state index in [4.69, 9.17) is 15.9 Å². The van der Waals surface area contributed by atoms with Gasteiger partial charge in [0.15, 0.2) is 11.5 Å². The molecular weight excluding hydrogens is 368 g/mol. The summed E-state index contributed by atoms with van der Waals surface area (Å²) < 4.78 is 11.9. The number of aryl methyl sites for hydroxylation is 1. The molecule has 1 aromatic carbocycles. The van der Waals surface area contributed by atoms with Gasteiger partial charge < -0.3 is 14.6 Å². The summed E-state index contributed by atoms with van der Waals surface area (Å²) in [6.45, 7) is 1.60. The first kappa shape index (κ1) is 18.5. The zero-order valence-electron chi connectivity index (χ0n) is 14.9. The number of nitrogens with zero attached hydrogens (tertiary/aromatic N) is 2. The molecule has 0 aliphatic heterocycles. The Kier molecular flexibility index (Phi) is 4.88. The van der Waals surface area contributed by atoms with E-state index in [1.54, 1.807) is 25.1 Å². The average molecular weight is 384 g/mol. The fourth-order valence-corrected chi connectivity index (χ4v) is 3.86. The van der Waals surface area contributed by atoms with Crippen LogP contribution in [0, 0.1) is 19.3 Å². The van der Waals surface area contributed by atoms with E-state index in [9.17, 15) is 14.7 Å². The molecule has 2 aromatic heterocycles. The Bertz CT molecular complexity index is 1150. The maximum Gasteiger partial charge on any atom is 0.346 e. The first-order valence-corrected chi connectivity index (χ1v) is 8.67. The van der Waals surface area contributed by atoms with Gasteiger partial charge in [-0.25, -0.2) is 9.78 Å². The molecule has 0 bridgehead atoms. The zero-order valence-corrected chi connectivity index (χ0v) is 15.7. The van der Waals surface area contributed by atoms with Gasteiger partial charge in [-0.2, -0.15) is 0 Å². The number of carboxylic acids is 1. The number of aromatic nitrogens is 2. The second-order valence-corrected chi connectivity index (χ2v) is 6.64. The normalized spacial score (nSPS) is 10.6. The van der Waals surface area contributed by atoms with Gasteiger partial charge in [0.2, 0.25) is 0 Å². The standard InChI is InChI=1S/C19H16N2O5S/c1-5-8-21-16(11-6-7-12(25-3)13(9-11)26-4)20-17-14(18(21)22)10(2)15(27-17)19(23)24/h1,6-7,9H,8H2,2-4H3,(H,23,24). The number of terminal acetylenes is 1. The number of aromatic carboxylic acids is 1. The Morgan fingerprint density at radius 1 is 1.33 bits per heavy atom. The van der Waals surface area contributed by atoms with Crippen molar-refractivity contribution in [2.45, 2.75) is 13.5 Å². The molecule has 0 unspecified atom stereocenters. The van der Waals surface area contributed by atoms with Gasteiger partial charge in [-0.15, -0.1) is 17.8 Å². The van der Waals surface area contributed by atoms with E-state index in [-0.39, 0.29) is 22.4 Å². The van der Waals surface area contributed by atoms with Crippen LogP contribution in [0.2, 0.25) is 0 Å². The average Bonchev–Trinajstić information content (AvgIpc) is 3.00. The van der Waals surface area contributed by atoms with Crippen molar-refractivity contribution in [2.75, 3.05) is 14.2 Å². The van der Waals surface area contributed by atoms with Gasteiger partial charge in [0.1, 0.15) is 15.5 Å². The summed E-state index contributed by atoms with van der Waals surface area (Å²) in [4.78, 5) is 29.5. The molecule has 7 nitrogen and oxygen atoms in total. The van der Waals surface area contributed by atoms with Crippen LogP contribution in [0.4, 0.5) is 0 Å². The van der Waals surface area contributed by atoms with Crippen molar-refractivity contribution in [2.24, 2.45) is 0 Å². The molecule has 0 spiro atoms. The molecule has 2 heterocycles. The zero-order chi connectivity index (χ0) is 19.7. The molecule has 3 aromatic rings. The van der Waals surface area contributed by atoms with Crippen LogP contribution in [0.25, 0.3) is 21.6 Å². The van der Waals surface area contributed by atoms with Crippen molar-refractivity contribution in [3.05, 3.63) is 39.0 Å². The van der Waals surface area contributed by atoms with Crippen molar-refractivity contribution in [3.8, 4) is 35.2 Å². The third-order valence-electron chi connectivity index (χ3n) is 4.14. The second kappa shape index (κ2) is 7.13. The summed E-state index contributed by atoms with van der Waals surface area (Å²) >= 11 is 0.968. The fourth-order valence-electron chi connectivity index (χ4n) is 2.85. The number of benzene rings is 1. The Balaban J connectivity index is 2.36. The maximum atomic E-state index is 13.0. The van der Waals surface area contributed by atoms with Crippen LogP contribution in [-0.2, 0) is 6.54 Å². The molecule has 8 heteroatoms. The lowest BCUT2D eigenvalue weighted by atomic mass is 10.1. The Hall–Kier alpha value is -3.31. The lowest BCUT2D eigenvalue weighted by molar-refractivity contribution is 0.0701. The highest BCUT2D eigenvalue weighted by atomic mass is 32.1. The number of thiophene rings is 1. The molecule has 0 aliphatic rings. The summed E-state index contributed by atoms with van der Waals surface area (Å²) in [6.07, 6.45) is 5.44. The minimum absolute atomic E-state index is 0.00312. The van der Waals surface area contributed by atoms with Crippen LogP contribution in [0.1, 0.15) is 15.2 Å². The van der Waals surface area contributed by atoms with Crippen molar-refractivity contribution >= 4 is 27.5 Å². The minimum atomic E-state index is -1.09. The molecule has 0 radical (unpaired) electrons. The Labute approximate surface area is 158 Å². The van der Waals surface area contributed by atoms with E-state index in [1.165, 1.54) is 18.8 Å². The highest BCUT2D eigenvalue weighted by molar-refractivity contribution is 7.20. The van der Waals surface area contributed by atoms with E-state index in [2.05, 4.69) is 10.9 Å². The van der Waals surface area contributed by atoms with E-state index in [0.717, 1.165) is 11.3 Å². The highest BCUT2D eigenvalue weighted by Gasteiger charge is 2.22. The molecule has 0 atom stereocenters. The molecule has 3 rings (SSSR count). The van der Waals surface area contributed by atoms with Gasteiger partial charge >= 0.3 is 5.97 Å². The summed E-state index contributed by atoms with van der Waals surface area (Å²) in [6, 6.07) is 5.13. The van der Waals surface area contributed by atoms with Gasteiger partial charge in [0, 0.05) is 5.56 Å². The molecule has 0 saturated heterocycles. The van der Waals surface area contributed by atoms with Gasteiger partial charge in [0.25, 0.3) is 5.56 Å². The monoisotopic (exact) mass is 384 g/mol. The van der Waals surface area contributed by atoms with Crippen LogP contribution in [0.5, 0.6) is 11.5 Å². The fraction of sp³-hybridized carbons (Fsp3) is 0.211. The molecule has 0 fully saturated rings. The predicted molar refractivity (Wildman–Crippen MR) is 103 cm³/mol. The van der Waals surface area contributed by atoms with Gasteiger partial charge in [-0.05, 0) is 30.7 Å². The maximum absolute atomic E-state index is 13.0. The molecule has 27 heavy (non-hydrogen) atoms. The van der Waals surface area contributed by atoms with E-state index < -0.39 is 5.97 Å². The van der Waals surface area contributed by atoms with Crippen molar-refractivity contribution < 1.29 is 19.4 Å². The van der Waals surface area contributed by atoms with E-state index in [0.29, 0.717) is 33.3 Å². The number of ether oxygens (including phenoxy) is 2. The van der Waals surface area contributed by atoms with Crippen LogP contribution < -0.4 is 15.0 Å². The molecule has 0 saturated carbocycles. The van der Waals surface area contributed by atoms with Crippen molar-refractivity contribution in [1.82, 2.24) is 9.55 Å². The number of hydrogen-bond donors (Lipinski definition) is 1. The molecule has 0 aliphatic carbocycles. The highest BCUT2D eigenvalue weighted by Crippen LogP contribution is 2.33. The minimum Gasteiger partial charge on any atom is -0.493 e. The predicted octanol–water partition coefficient (Wildman–Crippen LogP) is 2.78. The Morgan fingerprint density at radius 3 is 2.63 bits per heavy atom. The molecule has 138 valence electrons. The van der Waals surface area contributed by atoms with E-state index in [1.807, 2.05) is 0 Å². The SMILES string of the molecule is C#CCn1c(-c2ccc(OC)c(OC)c2)nc2sc(C(=O)O)c(C)c2c1=O. The number of carbonyl (C=O) groups is 1. The lowest BCUT2D eigenvalue weighted by Gasteiger charge is -2.13. The summed E-state index contributed by atoms with van der Waals surface area (Å²) in [7, 11) is 3.03. The topological polar surface area (TPSA) is 90.7 Å². The number of carboxylic acid groups (broad SMARTS) is 1. The van der Waals surface area contributed by atoms with Crippen LogP contribution >= 0.6 is 11.3 Å². The lowest BCUT2D eigenvalue weighted by Crippen LogP contribution is -2.23. The molecule has 1 N–H and O–H groups in total. The van der Waals surface area contributed by atoms with Crippen LogP contribution in [0.15, 0.2) is 23.0 Å². The number of methoxy groups -OCH3 is 2. The largest absolute Gasteiger partial charge is 0.493 e. The second-order valence-electron chi connectivity index (χ2n) is 5.64. The first-order valence-electron chi connectivity index (χ1n) is 7.86. The molecular formula is C19H16N2O5S. The summed E-state index contributed by atoms with van der Waals surface area (Å²) in [5.41, 5.74) is 0.624. The van der Waals surface area contributed by atoms with Crippen molar-refractivity contribution in [3.63, 3.8) is 0 Å². The van der Waals surface area contributed by atoms with Crippen LogP contribution in [-0.4, -0.2) is 34.8 Å². The summed E-state index contributed by atoms with van der Waals surface area (Å²) in [5.74, 6) is 2.71. The number of rotatable bonds is 5. The Morgan fingerprint density at radius 2 is 2.04 bits per heavy atom. The molecule has 0 amide bonds. The number of hydrogen-bond acceptors (Lipinski definition) is 6. The van der Waals surface area contributed by atoms with Gasteiger partial charge in [0.05, 0.1) is 26.2 Å². The third-order valence-corrected chi connectivity index (χ3v) is 5.31. The smallest absolute Gasteiger partial charge is 0.346 e. The number of fused-ring (bicyclic) bond motifs is 1. The summed E-state index contributed by atoms with van der Waals surface area (Å²) in [5, 5.41) is 9.63. The quantitative estimate of drug-likeness (QED) is 0.680. The van der Waals surface area contributed by atoms with Gasteiger partial charge in [-0.3, -0.25) is 9.36 Å². The first-order chi connectivity index (χ1) is 12.9. The van der Waals surface area contributed by atoms with Crippen LogP contribution in [0.3, 0.4) is 0 Å². The van der Waals surface area contributed by atoms with Gasteiger partial charge in [-0.1, -0.05) is 5.92 Å². The van der Waals surface area contributed by atoms with Crippen molar-refractivity contribution in [1.29, 1.82) is 0 Å². The third kappa shape index (κ3) is 3.02.